The van der Waals surface area contributed by atoms with Crippen LogP contribution < -0.4 is 0 Å². The van der Waals surface area contributed by atoms with Crippen molar-refractivity contribution in [3.63, 3.8) is 0 Å². The van der Waals surface area contributed by atoms with Crippen molar-refractivity contribution in [3.8, 4) is 0 Å². The molecule has 4 nitrogen and oxygen atoms in total. The molecule has 1 saturated heterocycles. The Hall–Kier alpha value is -0.840. The molecule has 0 saturated carbocycles. The summed E-state index contributed by atoms with van der Waals surface area (Å²) in [5.74, 6) is 1.60. The number of hydrogen-bond donors (Lipinski definition) is 1. The van der Waals surface area contributed by atoms with E-state index in [4.69, 9.17) is 14.3 Å². The first-order valence-corrected chi connectivity index (χ1v) is 6.75. The molecule has 102 valence electrons. The molecule has 1 aliphatic heterocycles. The molecule has 0 amide bonds. The zero-order valence-electron chi connectivity index (χ0n) is 11.1. The second-order valence-corrected chi connectivity index (χ2v) is 4.93. The molecule has 1 aliphatic rings. The monoisotopic (exact) mass is 253 g/mol. The Labute approximate surface area is 109 Å². The van der Waals surface area contributed by atoms with Gasteiger partial charge in [-0.3, -0.25) is 4.90 Å². The largest absolute Gasteiger partial charge is 0.462 e. The SMILES string of the molecule is COCC[C@@H]1CCCCN1Cc1ccc(CO)o1. The van der Waals surface area contributed by atoms with Gasteiger partial charge in [0.1, 0.15) is 18.1 Å². The fourth-order valence-electron chi connectivity index (χ4n) is 2.64. The molecule has 0 aromatic carbocycles. The van der Waals surface area contributed by atoms with Crippen molar-refractivity contribution in [2.45, 2.75) is 44.9 Å². The average molecular weight is 253 g/mol. The summed E-state index contributed by atoms with van der Waals surface area (Å²) < 4.78 is 10.7. The number of aliphatic hydroxyl groups excluding tert-OH is 1. The van der Waals surface area contributed by atoms with E-state index in [1.54, 1.807) is 7.11 Å². The van der Waals surface area contributed by atoms with Crippen molar-refractivity contribution in [2.24, 2.45) is 0 Å². The predicted octanol–water partition coefficient (Wildman–Crippen LogP) is 2.16. The third-order valence-corrected chi connectivity index (χ3v) is 3.64. The molecule has 2 heterocycles. The maximum Gasteiger partial charge on any atom is 0.129 e. The molecule has 1 aromatic rings. The lowest BCUT2D eigenvalue weighted by Crippen LogP contribution is -2.39. The molecule has 0 aliphatic carbocycles. The van der Waals surface area contributed by atoms with Gasteiger partial charge in [-0.1, -0.05) is 6.42 Å². The minimum atomic E-state index is -0.0207. The van der Waals surface area contributed by atoms with Crippen molar-refractivity contribution >= 4 is 0 Å². The first-order chi connectivity index (χ1) is 8.83. The first kappa shape index (κ1) is 13.6. The molecule has 0 bridgehead atoms. The molecule has 4 heteroatoms. The summed E-state index contributed by atoms with van der Waals surface area (Å²) in [6.45, 7) is 2.77. The Kier molecular flexibility index (Phi) is 5.23. The van der Waals surface area contributed by atoms with Gasteiger partial charge in [-0.05, 0) is 37.9 Å². The zero-order chi connectivity index (χ0) is 12.8. The van der Waals surface area contributed by atoms with Gasteiger partial charge in [0.2, 0.25) is 0 Å². The Bertz CT molecular complexity index is 351. The highest BCUT2D eigenvalue weighted by atomic mass is 16.5. The van der Waals surface area contributed by atoms with Crippen LogP contribution in [0.5, 0.6) is 0 Å². The van der Waals surface area contributed by atoms with Gasteiger partial charge < -0.3 is 14.3 Å². The quantitative estimate of drug-likeness (QED) is 0.844. The van der Waals surface area contributed by atoms with Crippen molar-refractivity contribution in [3.05, 3.63) is 23.7 Å². The molecule has 0 spiro atoms. The van der Waals surface area contributed by atoms with Crippen LogP contribution in [0.25, 0.3) is 0 Å². The van der Waals surface area contributed by atoms with Gasteiger partial charge in [0.25, 0.3) is 0 Å². The Balaban J connectivity index is 1.91. The van der Waals surface area contributed by atoms with E-state index in [2.05, 4.69) is 4.90 Å². The summed E-state index contributed by atoms with van der Waals surface area (Å²) in [5.41, 5.74) is 0. The summed E-state index contributed by atoms with van der Waals surface area (Å²) in [5, 5.41) is 9.00. The molecule has 0 radical (unpaired) electrons. The number of likely N-dealkylation sites (tertiary alicyclic amines) is 1. The number of methoxy groups -OCH3 is 1. The number of piperidine rings is 1. The summed E-state index contributed by atoms with van der Waals surface area (Å²) in [7, 11) is 1.76. The van der Waals surface area contributed by atoms with Gasteiger partial charge in [-0.2, -0.15) is 0 Å². The summed E-state index contributed by atoms with van der Waals surface area (Å²) in [6, 6.07) is 4.41. The Morgan fingerprint density at radius 3 is 2.94 bits per heavy atom. The van der Waals surface area contributed by atoms with Crippen LogP contribution in [0, 0.1) is 0 Å². The number of hydrogen-bond acceptors (Lipinski definition) is 4. The maximum absolute atomic E-state index is 9.00. The summed E-state index contributed by atoms with van der Waals surface area (Å²) in [6.07, 6.45) is 4.91. The van der Waals surface area contributed by atoms with E-state index < -0.39 is 0 Å². The third kappa shape index (κ3) is 3.57. The topological polar surface area (TPSA) is 45.8 Å². The van der Waals surface area contributed by atoms with Crippen LogP contribution >= 0.6 is 0 Å². The van der Waals surface area contributed by atoms with Crippen LogP contribution in [0.2, 0.25) is 0 Å². The fraction of sp³-hybridized carbons (Fsp3) is 0.714. The highest BCUT2D eigenvalue weighted by molar-refractivity contribution is 5.06. The van der Waals surface area contributed by atoms with Crippen LogP contribution in [-0.4, -0.2) is 36.3 Å². The molecule has 2 rings (SSSR count). The highest BCUT2D eigenvalue weighted by Gasteiger charge is 2.22. The molecule has 18 heavy (non-hydrogen) atoms. The molecular formula is C14H23NO3. The van der Waals surface area contributed by atoms with Crippen LogP contribution in [0.1, 0.15) is 37.2 Å². The van der Waals surface area contributed by atoms with Gasteiger partial charge >= 0.3 is 0 Å². The molecule has 1 fully saturated rings. The third-order valence-electron chi connectivity index (χ3n) is 3.64. The Morgan fingerprint density at radius 2 is 2.22 bits per heavy atom. The smallest absolute Gasteiger partial charge is 0.129 e. The molecule has 1 N–H and O–H groups in total. The van der Waals surface area contributed by atoms with Gasteiger partial charge in [0, 0.05) is 19.8 Å². The number of rotatable bonds is 6. The van der Waals surface area contributed by atoms with E-state index in [0.717, 1.165) is 31.9 Å². The van der Waals surface area contributed by atoms with E-state index >= 15 is 0 Å². The second-order valence-electron chi connectivity index (χ2n) is 4.93. The van der Waals surface area contributed by atoms with Crippen molar-refractivity contribution in [1.29, 1.82) is 0 Å². The number of aliphatic hydroxyl groups is 1. The van der Waals surface area contributed by atoms with E-state index in [9.17, 15) is 0 Å². The summed E-state index contributed by atoms with van der Waals surface area (Å²) in [4.78, 5) is 2.47. The first-order valence-electron chi connectivity index (χ1n) is 6.75. The average Bonchev–Trinajstić information content (AvgIpc) is 2.85. The number of ether oxygens (including phenoxy) is 1. The van der Waals surface area contributed by atoms with Crippen molar-refractivity contribution in [2.75, 3.05) is 20.3 Å². The zero-order valence-corrected chi connectivity index (χ0v) is 11.1. The van der Waals surface area contributed by atoms with Crippen LogP contribution in [-0.2, 0) is 17.9 Å². The predicted molar refractivity (Wildman–Crippen MR) is 69.2 cm³/mol. The van der Waals surface area contributed by atoms with Crippen molar-refractivity contribution < 1.29 is 14.3 Å². The second kappa shape index (κ2) is 6.92. The molecular weight excluding hydrogens is 230 g/mol. The van der Waals surface area contributed by atoms with Gasteiger partial charge in [-0.25, -0.2) is 0 Å². The standard InChI is InChI=1S/C14H23NO3/c1-17-9-7-12-4-2-3-8-15(12)10-13-5-6-14(11-16)18-13/h5-6,12,16H,2-4,7-11H2,1H3/t12-/m0/s1. The van der Waals surface area contributed by atoms with Gasteiger partial charge in [0.05, 0.1) is 6.54 Å². The van der Waals surface area contributed by atoms with E-state index in [0.29, 0.717) is 11.8 Å². The minimum absolute atomic E-state index is 0.0207. The van der Waals surface area contributed by atoms with Crippen LogP contribution in [0.15, 0.2) is 16.5 Å². The lowest BCUT2D eigenvalue weighted by atomic mass is 9.99. The minimum Gasteiger partial charge on any atom is -0.462 e. The van der Waals surface area contributed by atoms with E-state index in [1.807, 2.05) is 12.1 Å². The maximum atomic E-state index is 9.00. The molecule has 0 unspecified atom stereocenters. The van der Waals surface area contributed by atoms with Gasteiger partial charge in [-0.15, -0.1) is 0 Å². The van der Waals surface area contributed by atoms with Crippen LogP contribution in [0.4, 0.5) is 0 Å². The van der Waals surface area contributed by atoms with Crippen molar-refractivity contribution in [1.82, 2.24) is 4.90 Å². The van der Waals surface area contributed by atoms with Gasteiger partial charge in [0.15, 0.2) is 0 Å². The lowest BCUT2D eigenvalue weighted by Gasteiger charge is -2.35. The van der Waals surface area contributed by atoms with E-state index in [1.165, 1.54) is 19.3 Å². The normalized spacial score (nSPS) is 21.3. The van der Waals surface area contributed by atoms with E-state index in [-0.39, 0.29) is 6.61 Å². The fourth-order valence-corrected chi connectivity index (χ4v) is 2.64. The highest BCUT2D eigenvalue weighted by Crippen LogP contribution is 2.22. The number of furan rings is 1. The Morgan fingerprint density at radius 1 is 1.39 bits per heavy atom. The lowest BCUT2D eigenvalue weighted by molar-refractivity contribution is 0.0906. The molecule has 1 aromatic heterocycles. The summed E-state index contributed by atoms with van der Waals surface area (Å²) >= 11 is 0. The van der Waals surface area contributed by atoms with Crippen LogP contribution in [0.3, 0.4) is 0 Å². The number of nitrogens with zero attached hydrogens (tertiary/aromatic N) is 1. The molecule has 1 atom stereocenters.